The first-order chi connectivity index (χ1) is 9.86. The summed E-state index contributed by atoms with van der Waals surface area (Å²) in [5.41, 5.74) is 0.683. The summed E-state index contributed by atoms with van der Waals surface area (Å²) in [7, 11) is 1.87. The first kappa shape index (κ1) is 15.9. The minimum absolute atomic E-state index is 0.0472. The van der Waals surface area contributed by atoms with Crippen molar-refractivity contribution in [1.82, 2.24) is 14.7 Å². The van der Waals surface area contributed by atoms with Crippen LogP contribution in [0.1, 0.15) is 52.9 Å². The smallest absolute Gasteiger partial charge is 0.321 e. The Morgan fingerprint density at radius 1 is 1.38 bits per heavy atom. The van der Waals surface area contributed by atoms with Crippen molar-refractivity contribution in [2.24, 2.45) is 5.92 Å². The van der Waals surface area contributed by atoms with E-state index in [1.807, 2.05) is 17.9 Å². The van der Waals surface area contributed by atoms with Crippen molar-refractivity contribution in [3.8, 4) is 0 Å². The van der Waals surface area contributed by atoms with Crippen molar-refractivity contribution in [1.29, 1.82) is 0 Å². The van der Waals surface area contributed by atoms with Gasteiger partial charge in [0, 0.05) is 19.8 Å². The molecule has 1 aromatic rings. The highest BCUT2D eigenvalue weighted by molar-refractivity contribution is 5.88. The molecule has 1 aliphatic rings. The van der Waals surface area contributed by atoms with Crippen LogP contribution in [0.15, 0.2) is 12.4 Å². The topological polar surface area (TPSA) is 50.2 Å². The van der Waals surface area contributed by atoms with Crippen molar-refractivity contribution >= 4 is 11.7 Å². The van der Waals surface area contributed by atoms with E-state index in [1.54, 1.807) is 11.1 Å². The summed E-state index contributed by atoms with van der Waals surface area (Å²) in [6.07, 6.45) is 10.0. The van der Waals surface area contributed by atoms with Gasteiger partial charge in [-0.25, -0.2) is 4.79 Å². The lowest BCUT2D eigenvalue weighted by atomic mass is 9.89. The Bertz CT molecular complexity index is 469. The van der Waals surface area contributed by atoms with Gasteiger partial charge in [-0.15, -0.1) is 0 Å². The molecular formula is C16H28N4O. The highest BCUT2D eigenvalue weighted by atomic mass is 16.2. The number of nitrogens with one attached hydrogen (secondary N) is 1. The van der Waals surface area contributed by atoms with Crippen LogP contribution in [0.5, 0.6) is 0 Å². The first-order valence-corrected chi connectivity index (χ1v) is 7.93. The number of aromatic nitrogens is 2. The van der Waals surface area contributed by atoms with Gasteiger partial charge in [-0.05, 0) is 39.5 Å². The van der Waals surface area contributed by atoms with Gasteiger partial charge in [0.15, 0.2) is 0 Å². The van der Waals surface area contributed by atoms with E-state index in [4.69, 9.17) is 0 Å². The molecule has 1 aliphatic carbocycles. The average molecular weight is 292 g/mol. The molecule has 0 unspecified atom stereocenters. The molecule has 0 aromatic carbocycles. The molecule has 0 atom stereocenters. The zero-order chi connectivity index (χ0) is 15.5. The van der Waals surface area contributed by atoms with Crippen LogP contribution >= 0.6 is 0 Å². The predicted octanol–water partition coefficient (Wildman–Crippen LogP) is 3.68. The van der Waals surface area contributed by atoms with Gasteiger partial charge in [-0.2, -0.15) is 5.10 Å². The van der Waals surface area contributed by atoms with Crippen LogP contribution in [-0.4, -0.2) is 34.3 Å². The van der Waals surface area contributed by atoms with Gasteiger partial charge in [-0.1, -0.05) is 19.3 Å². The zero-order valence-corrected chi connectivity index (χ0v) is 13.7. The maximum Gasteiger partial charge on any atom is 0.321 e. The molecule has 0 radical (unpaired) electrons. The molecular weight excluding hydrogens is 264 g/mol. The highest BCUT2D eigenvalue weighted by Gasteiger charge is 2.19. The van der Waals surface area contributed by atoms with Crippen molar-refractivity contribution < 1.29 is 4.79 Å². The summed E-state index contributed by atoms with van der Waals surface area (Å²) in [6.45, 7) is 7.10. The van der Waals surface area contributed by atoms with Gasteiger partial charge in [0.05, 0.1) is 17.4 Å². The molecule has 21 heavy (non-hydrogen) atoms. The van der Waals surface area contributed by atoms with Crippen LogP contribution in [-0.2, 0) is 5.54 Å². The Hall–Kier alpha value is -1.52. The predicted molar refractivity (Wildman–Crippen MR) is 85.4 cm³/mol. The lowest BCUT2D eigenvalue weighted by Crippen LogP contribution is -2.35. The largest absolute Gasteiger partial charge is 0.327 e. The summed E-state index contributed by atoms with van der Waals surface area (Å²) >= 11 is 0. The molecule has 0 aliphatic heterocycles. The Morgan fingerprint density at radius 2 is 2.05 bits per heavy atom. The average Bonchev–Trinajstić information content (AvgIpc) is 2.88. The van der Waals surface area contributed by atoms with E-state index in [9.17, 15) is 4.79 Å². The lowest BCUT2D eigenvalue weighted by Gasteiger charge is -2.27. The number of nitrogens with zero attached hydrogens (tertiary/aromatic N) is 3. The molecule has 0 spiro atoms. The van der Waals surface area contributed by atoms with E-state index in [2.05, 4.69) is 31.2 Å². The summed E-state index contributed by atoms with van der Waals surface area (Å²) < 4.78 is 1.86. The molecule has 1 fully saturated rings. The molecule has 1 saturated carbocycles. The fraction of sp³-hybridized carbons (Fsp3) is 0.750. The third-order valence-electron chi connectivity index (χ3n) is 4.12. The molecule has 0 saturated heterocycles. The molecule has 0 bridgehead atoms. The Balaban J connectivity index is 1.86. The number of carbonyl (C=O) groups excluding carboxylic acids is 1. The third kappa shape index (κ3) is 4.48. The molecule has 1 aromatic heterocycles. The SMILES string of the molecule is CN(CC1CCCCC1)C(=O)Nc1cnn(C(C)(C)C)c1. The second kappa shape index (κ2) is 6.50. The first-order valence-electron chi connectivity index (χ1n) is 7.93. The third-order valence-corrected chi connectivity index (χ3v) is 4.12. The van der Waals surface area contributed by atoms with E-state index < -0.39 is 0 Å². The molecule has 5 heteroatoms. The lowest BCUT2D eigenvalue weighted by molar-refractivity contribution is 0.205. The molecule has 118 valence electrons. The fourth-order valence-electron chi connectivity index (χ4n) is 2.81. The maximum absolute atomic E-state index is 12.2. The quantitative estimate of drug-likeness (QED) is 0.924. The molecule has 2 rings (SSSR count). The van der Waals surface area contributed by atoms with E-state index in [0.29, 0.717) is 5.92 Å². The van der Waals surface area contributed by atoms with Crippen LogP contribution in [0, 0.1) is 5.92 Å². The monoisotopic (exact) mass is 292 g/mol. The van der Waals surface area contributed by atoms with Crippen LogP contribution < -0.4 is 5.32 Å². The minimum Gasteiger partial charge on any atom is -0.327 e. The van der Waals surface area contributed by atoms with Gasteiger partial charge in [0.2, 0.25) is 0 Å². The number of anilines is 1. The highest BCUT2D eigenvalue weighted by Crippen LogP contribution is 2.24. The summed E-state index contributed by atoms with van der Waals surface area (Å²) in [5.74, 6) is 0.659. The maximum atomic E-state index is 12.2. The number of hydrogen-bond acceptors (Lipinski definition) is 2. The molecule has 2 amide bonds. The second-order valence-corrected chi connectivity index (χ2v) is 7.16. The summed E-state index contributed by atoms with van der Waals surface area (Å²) in [5, 5.41) is 7.23. The summed E-state index contributed by atoms with van der Waals surface area (Å²) in [4.78, 5) is 14.0. The van der Waals surface area contributed by atoms with Crippen LogP contribution in [0.2, 0.25) is 0 Å². The van der Waals surface area contributed by atoms with E-state index in [0.717, 1.165) is 12.2 Å². The van der Waals surface area contributed by atoms with Crippen molar-refractivity contribution in [2.45, 2.75) is 58.4 Å². The van der Waals surface area contributed by atoms with E-state index >= 15 is 0 Å². The molecule has 5 nitrogen and oxygen atoms in total. The molecule has 1 N–H and O–H groups in total. The van der Waals surface area contributed by atoms with Gasteiger partial charge >= 0.3 is 6.03 Å². The normalized spacial score (nSPS) is 16.8. The Morgan fingerprint density at radius 3 is 2.62 bits per heavy atom. The Kier molecular flexibility index (Phi) is 4.91. The number of amides is 2. The number of carbonyl (C=O) groups is 1. The van der Waals surface area contributed by atoms with Crippen molar-refractivity contribution in [3.63, 3.8) is 0 Å². The van der Waals surface area contributed by atoms with Crippen LogP contribution in [0.4, 0.5) is 10.5 Å². The standard InChI is InChI=1S/C16H28N4O/c1-16(2,3)20-12-14(10-17-20)18-15(21)19(4)11-13-8-6-5-7-9-13/h10,12-13H,5-9,11H2,1-4H3,(H,18,21). The van der Waals surface area contributed by atoms with Crippen LogP contribution in [0.3, 0.4) is 0 Å². The minimum atomic E-state index is -0.0724. The second-order valence-electron chi connectivity index (χ2n) is 7.16. The van der Waals surface area contributed by atoms with Crippen molar-refractivity contribution in [3.05, 3.63) is 12.4 Å². The van der Waals surface area contributed by atoms with Gasteiger partial charge in [0.1, 0.15) is 0 Å². The summed E-state index contributed by atoms with van der Waals surface area (Å²) in [6, 6.07) is -0.0472. The number of hydrogen-bond donors (Lipinski definition) is 1. The van der Waals surface area contributed by atoms with E-state index in [1.165, 1.54) is 32.1 Å². The van der Waals surface area contributed by atoms with Gasteiger partial charge < -0.3 is 10.2 Å². The number of urea groups is 1. The molecule has 1 heterocycles. The van der Waals surface area contributed by atoms with Crippen molar-refractivity contribution in [2.75, 3.05) is 18.9 Å². The Labute approximate surface area is 127 Å². The fourth-order valence-corrected chi connectivity index (χ4v) is 2.81. The zero-order valence-electron chi connectivity index (χ0n) is 13.7. The van der Waals surface area contributed by atoms with Gasteiger partial charge in [-0.3, -0.25) is 4.68 Å². The van der Waals surface area contributed by atoms with Gasteiger partial charge in [0.25, 0.3) is 0 Å². The number of rotatable bonds is 3. The van der Waals surface area contributed by atoms with E-state index in [-0.39, 0.29) is 11.6 Å². The van der Waals surface area contributed by atoms with Crippen LogP contribution in [0.25, 0.3) is 0 Å².